The number of ether oxygens (including phenoxy) is 1. The first-order valence-electron chi connectivity index (χ1n) is 11.9. The summed E-state index contributed by atoms with van der Waals surface area (Å²) in [4.78, 5) is 19.7. The Kier molecular flexibility index (Phi) is 9.17. The molecule has 0 saturated carbocycles. The molecule has 5 nitrogen and oxygen atoms in total. The van der Waals surface area contributed by atoms with E-state index in [4.69, 9.17) is 27.9 Å². The number of carboxylic acid groups (broad SMARTS) is 1. The Morgan fingerprint density at radius 3 is 2.71 bits per heavy atom. The summed E-state index contributed by atoms with van der Waals surface area (Å²) in [5.74, 6) is 0.791. The molecular weight excluding hydrogens is 503 g/mol. The lowest BCUT2D eigenvalue weighted by Crippen LogP contribution is -2.44. The minimum absolute atomic E-state index is 0.185. The van der Waals surface area contributed by atoms with Crippen LogP contribution in [0.5, 0.6) is 5.75 Å². The van der Waals surface area contributed by atoms with E-state index in [0.29, 0.717) is 16.6 Å². The second-order valence-corrected chi connectivity index (χ2v) is 10.8. The molecule has 0 aliphatic carbocycles. The van der Waals surface area contributed by atoms with Crippen molar-refractivity contribution in [2.24, 2.45) is 11.8 Å². The largest absolute Gasteiger partial charge is 0.496 e. The van der Waals surface area contributed by atoms with E-state index in [2.05, 4.69) is 9.88 Å². The van der Waals surface area contributed by atoms with Gasteiger partial charge in [-0.2, -0.15) is 0 Å². The van der Waals surface area contributed by atoms with Crippen LogP contribution in [0.1, 0.15) is 24.8 Å². The molecule has 0 radical (unpaired) electrons. The molecule has 2 atom stereocenters. The van der Waals surface area contributed by atoms with Gasteiger partial charge < -0.3 is 14.7 Å². The second kappa shape index (κ2) is 12.3. The van der Waals surface area contributed by atoms with Crippen molar-refractivity contribution in [2.45, 2.75) is 30.6 Å². The average Bonchev–Trinajstić information content (AvgIpc) is 2.86. The molecule has 0 unspecified atom stereocenters. The van der Waals surface area contributed by atoms with Crippen LogP contribution < -0.4 is 4.74 Å². The Hall–Kier alpha value is -1.99. The molecule has 8 heteroatoms. The van der Waals surface area contributed by atoms with E-state index in [1.165, 1.54) is 5.56 Å². The average molecular weight is 534 g/mol. The molecule has 1 aliphatic rings. The fourth-order valence-corrected chi connectivity index (χ4v) is 6.66. The van der Waals surface area contributed by atoms with Gasteiger partial charge >= 0.3 is 5.97 Å². The highest BCUT2D eigenvalue weighted by molar-refractivity contribution is 7.99. The summed E-state index contributed by atoms with van der Waals surface area (Å²) in [6.07, 6.45) is 5.44. The molecule has 4 rings (SSSR count). The molecule has 186 valence electrons. The minimum Gasteiger partial charge on any atom is -0.496 e. The molecule has 2 heterocycles. The third kappa shape index (κ3) is 6.42. The lowest BCUT2D eigenvalue weighted by molar-refractivity contribution is -0.146. The predicted octanol–water partition coefficient (Wildman–Crippen LogP) is 6.69. The van der Waals surface area contributed by atoms with Crippen molar-refractivity contribution in [2.75, 3.05) is 32.5 Å². The molecule has 2 aromatic carbocycles. The van der Waals surface area contributed by atoms with Crippen LogP contribution in [0.3, 0.4) is 0 Å². The highest BCUT2D eigenvalue weighted by Crippen LogP contribution is 2.35. The number of piperidine rings is 1. The molecular formula is C27H30Cl2N2O3S. The van der Waals surface area contributed by atoms with E-state index in [9.17, 15) is 9.90 Å². The number of carbonyl (C=O) groups is 1. The van der Waals surface area contributed by atoms with Crippen molar-refractivity contribution in [3.8, 4) is 5.75 Å². The molecule has 1 N–H and O–H groups in total. The molecule has 1 fully saturated rings. The number of likely N-dealkylation sites (tertiary alicyclic amines) is 1. The maximum Gasteiger partial charge on any atom is 0.308 e. The van der Waals surface area contributed by atoms with Crippen molar-refractivity contribution < 1.29 is 14.6 Å². The normalized spacial score (nSPS) is 18.6. The number of fused-ring (bicyclic) bond motifs is 1. The van der Waals surface area contributed by atoms with E-state index in [1.807, 2.05) is 48.7 Å². The van der Waals surface area contributed by atoms with Crippen LogP contribution >= 0.6 is 35.0 Å². The topological polar surface area (TPSA) is 62.7 Å². The van der Waals surface area contributed by atoms with Gasteiger partial charge in [-0.25, -0.2) is 0 Å². The number of pyridine rings is 1. The van der Waals surface area contributed by atoms with Gasteiger partial charge in [-0.1, -0.05) is 35.3 Å². The van der Waals surface area contributed by atoms with Crippen LogP contribution in [0.15, 0.2) is 53.6 Å². The number of halogens is 2. The first-order chi connectivity index (χ1) is 17.0. The van der Waals surface area contributed by atoms with Gasteiger partial charge in [0.2, 0.25) is 0 Å². The van der Waals surface area contributed by atoms with Crippen LogP contribution in [-0.4, -0.2) is 53.5 Å². The Morgan fingerprint density at radius 2 is 1.97 bits per heavy atom. The van der Waals surface area contributed by atoms with Gasteiger partial charge in [0.25, 0.3) is 0 Å². The quantitative estimate of drug-likeness (QED) is 0.293. The van der Waals surface area contributed by atoms with Crippen LogP contribution in [0, 0.1) is 11.8 Å². The number of rotatable bonds is 10. The van der Waals surface area contributed by atoms with E-state index in [-0.39, 0.29) is 11.8 Å². The first kappa shape index (κ1) is 26.1. The zero-order chi connectivity index (χ0) is 24.8. The lowest BCUT2D eigenvalue weighted by Gasteiger charge is -2.36. The molecule has 0 spiro atoms. The van der Waals surface area contributed by atoms with Crippen LogP contribution in [-0.2, 0) is 11.2 Å². The summed E-state index contributed by atoms with van der Waals surface area (Å²) in [5, 5.41) is 12.3. The Labute approximate surface area is 220 Å². The highest BCUT2D eigenvalue weighted by Gasteiger charge is 2.33. The van der Waals surface area contributed by atoms with E-state index >= 15 is 0 Å². The van der Waals surface area contributed by atoms with Crippen molar-refractivity contribution >= 4 is 51.8 Å². The molecule has 3 aromatic rings. The number of hydrogen-bond donors (Lipinski definition) is 1. The van der Waals surface area contributed by atoms with Gasteiger partial charge in [0.15, 0.2) is 0 Å². The van der Waals surface area contributed by atoms with Gasteiger partial charge in [0.05, 0.1) is 28.6 Å². The lowest BCUT2D eigenvalue weighted by atomic mass is 9.81. The Balaban J connectivity index is 1.31. The molecule has 1 saturated heterocycles. The first-order valence-corrected chi connectivity index (χ1v) is 13.6. The number of thioether (sulfide) groups is 1. The third-order valence-electron chi connectivity index (χ3n) is 6.79. The van der Waals surface area contributed by atoms with E-state index in [1.54, 1.807) is 18.9 Å². The summed E-state index contributed by atoms with van der Waals surface area (Å²) in [5.41, 5.74) is 2.13. The van der Waals surface area contributed by atoms with Crippen molar-refractivity contribution in [1.82, 2.24) is 9.88 Å². The van der Waals surface area contributed by atoms with Gasteiger partial charge in [-0.05, 0) is 74.0 Å². The minimum atomic E-state index is -0.697. The zero-order valence-electron chi connectivity index (χ0n) is 19.8. The second-order valence-electron chi connectivity index (χ2n) is 8.91. The molecule has 35 heavy (non-hydrogen) atoms. The highest BCUT2D eigenvalue weighted by atomic mass is 35.5. The van der Waals surface area contributed by atoms with E-state index in [0.717, 1.165) is 66.1 Å². The molecule has 1 aromatic heterocycles. The number of methoxy groups -OCH3 is 1. The monoisotopic (exact) mass is 532 g/mol. The fraction of sp³-hybridized carbons (Fsp3) is 0.407. The summed E-state index contributed by atoms with van der Waals surface area (Å²) in [6, 6.07) is 13.5. The summed E-state index contributed by atoms with van der Waals surface area (Å²) >= 11 is 14.2. The third-order valence-corrected chi connectivity index (χ3v) is 8.75. The van der Waals surface area contributed by atoms with Gasteiger partial charge in [-0.3, -0.25) is 9.78 Å². The van der Waals surface area contributed by atoms with Crippen LogP contribution in [0.25, 0.3) is 10.9 Å². The summed E-state index contributed by atoms with van der Waals surface area (Å²) in [6.45, 7) is 2.31. The SMILES string of the molecule is COc1cccc2nccc(CCC[C@@H]3CCN(CCSc4c(Cl)cccc4Cl)C[C@@H]3C(=O)O)c12. The number of carboxylic acids is 1. The number of hydrogen-bond acceptors (Lipinski definition) is 5. The number of benzene rings is 2. The van der Waals surface area contributed by atoms with Gasteiger partial charge in [0, 0.05) is 35.3 Å². The number of aromatic nitrogens is 1. The van der Waals surface area contributed by atoms with Crippen molar-refractivity contribution in [3.63, 3.8) is 0 Å². The van der Waals surface area contributed by atoms with Crippen LogP contribution in [0.4, 0.5) is 0 Å². The van der Waals surface area contributed by atoms with E-state index < -0.39 is 5.97 Å². The summed E-state index contributed by atoms with van der Waals surface area (Å²) < 4.78 is 5.56. The van der Waals surface area contributed by atoms with Crippen molar-refractivity contribution in [1.29, 1.82) is 0 Å². The Morgan fingerprint density at radius 1 is 1.20 bits per heavy atom. The molecule has 0 bridgehead atoms. The van der Waals surface area contributed by atoms with Crippen LogP contribution in [0.2, 0.25) is 10.0 Å². The molecule has 1 aliphatic heterocycles. The summed E-state index contributed by atoms with van der Waals surface area (Å²) in [7, 11) is 1.68. The Bertz CT molecular complexity index is 1150. The fourth-order valence-electron chi connectivity index (χ4n) is 4.97. The smallest absolute Gasteiger partial charge is 0.308 e. The predicted molar refractivity (Wildman–Crippen MR) is 144 cm³/mol. The number of aliphatic carboxylic acids is 1. The van der Waals surface area contributed by atoms with Gasteiger partial charge in [0.1, 0.15) is 5.75 Å². The number of nitrogens with zero attached hydrogens (tertiary/aromatic N) is 2. The van der Waals surface area contributed by atoms with Gasteiger partial charge in [-0.15, -0.1) is 11.8 Å². The number of aryl methyl sites for hydroxylation is 1. The van der Waals surface area contributed by atoms with Crippen molar-refractivity contribution in [3.05, 3.63) is 64.3 Å². The zero-order valence-corrected chi connectivity index (χ0v) is 22.1. The standard InChI is InChI=1S/C27H30Cl2N2O3S/c1-34-24-10-4-9-23-25(24)19(11-13-30-23)6-2-5-18-12-14-31(17-20(18)27(32)33)15-16-35-26-21(28)7-3-8-22(26)29/h3-4,7-11,13,18,20H,2,5-6,12,14-17H2,1H3,(H,32,33)/t18-,20+/m1/s1. The maximum atomic E-state index is 12.1. The molecule has 0 amide bonds. The maximum absolute atomic E-state index is 12.1.